The number of hydrazone groups is 1. The van der Waals surface area contributed by atoms with Gasteiger partial charge in [-0.2, -0.15) is 5.10 Å². The second kappa shape index (κ2) is 12.4. The zero-order valence-corrected chi connectivity index (χ0v) is 21.5. The van der Waals surface area contributed by atoms with Gasteiger partial charge in [0, 0.05) is 16.3 Å². The van der Waals surface area contributed by atoms with Crippen molar-refractivity contribution >= 4 is 70.1 Å². The Kier molecular flexibility index (Phi) is 9.30. The lowest BCUT2D eigenvalue weighted by Gasteiger charge is -2.11. The standard InChI is InChI=1S/C25H21Cl3N4O4/c1-14-6-8-18(10-15(14)2)30-24(34)25(35)32-29-12-16-11-17(26)7-9-21(16)36-13-22(33)31-20-5-3-4-19(27)23(20)28/h3-12H,13H2,1-2H3,(H,30,34)(H,31,33)(H,32,35)/b29-12-. The van der Waals surface area contributed by atoms with Crippen molar-refractivity contribution in [2.45, 2.75) is 13.8 Å². The molecule has 0 spiro atoms. The number of hydrogen-bond acceptors (Lipinski definition) is 5. The molecule has 36 heavy (non-hydrogen) atoms. The number of aryl methyl sites for hydroxylation is 2. The number of carbonyl (C=O) groups excluding carboxylic acids is 3. The first kappa shape index (κ1) is 27.0. The van der Waals surface area contributed by atoms with E-state index in [1.165, 1.54) is 18.3 Å². The molecule has 186 valence electrons. The Morgan fingerprint density at radius 2 is 1.69 bits per heavy atom. The molecule has 0 saturated carbocycles. The summed E-state index contributed by atoms with van der Waals surface area (Å²) in [6.07, 6.45) is 1.24. The van der Waals surface area contributed by atoms with Crippen LogP contribution >= 0.6 is 34.8 Å². The summed E-state index contributed by atoms with van der Waals surface area (Å²) < 4.78 is 5.57. The molecule has 8 nitrogen and oxygen atoms in total. The third-order valence-electron chi connectivity index (χ3n) is 4.90. The Labute approximate surface area is 222 Å². The van der Waals surface area contributed by atoms with Gasteiger partial charge in [-0.05, 0) is 67.4 Å². The maximum Gasteiger partial charge on any atom is 0.329 e. The monoisotopic (exact) mass is 546 g/mol. The van der Waals surface area contributed by atoms with Crippen LogP contribution in [0.15, 0.2) is 59.7 Å². The van der Waals surface area contributed by atoms with Crippen molar-refractivity contribution < 1.29 is 19.1 Å². The lowest BCUT2D eigenvalue weighted by atomic mass is 10.1. The number of carbonyl (C=O) groups is 3. The Hall–Kier alpha value is -3.59. The topological polar surface area (TPSA) is 109 Å². The lowest BCUT2D eigenvalue weighted by Crippen LogP contribution is -2.32. The number of amides is 3. The van der Waals surface area contributed by atoms with E-state index in [1.807, 2.05) is 19.9 Å². The second-order valence-electron chi connectivity index (χ2n) is 7.57. The average molecular weight is 548 g/mol. The fourth-order valence-electron chi connectivity index (χ4n) is 2.90. The van der Waals surface area contributed by atoms with Crippen molar-refractivity contribution in [2.75, 3.05) is 17.2 Å². The summed E-state index contributed by atoms with van der Waals surface area (Å²) in [5, 5.41) is 9.80. The van der Waals surface area contributed by atoms with Crippen LogP contribution < -0.4 is 20.8 Å². The van der Waals surface area contributed by atoms with Crippen LogP contribution in [0.3, 0.4) is 0 Å². The van der Waals surface area contributed by atoms with Crippen molar-refractivity contribution in [3.63, 3.8) is 0 Å². The molecule has 0 heterocycles. The van der Waals surface area contributed by atoms with Crippen LogP contribution in [0.4, 0.5) is 11.4 Å². The highest BCUT2D eigenvalue weighted by Gasteiger charge is 2.14. The molecule has 0 aliphatic carbocycles. The molecule has 0 atom stereocenters. The first-order valence-corrected chi connectivity index (χ1v) is 11.7. The number of ether oxygens (including phenoxy) is 1. The number of hydrogen-bond donors (Lipinski definition) is 3. The molecular formula is C25H21Cl3N4O4. The van der Waals surface area contributed by atoms with Gasteiger partial charge in [0.2, 0.25) is 0 Å². The van der Waals surface area contributed by atoms with Gasteiger partial charge in [0.25, 0.3) is 5.91 Å². The molecule has 0 bridgehead atoms. The fourth-order valence-corrected chi connectivity index (χ4v) is 3.43. The lowest BCUT2D eigenvalue weighted by molar-refractivity contribution is -0.136. The fraction of sp³-hybridized carbons (Fsp3) is 0.120. The van der Waals surface area contributed by atoms with E-state index in [2.05, 4.69) is 21.2 Å². The van der Waals surface area contributed by atoms with Crippen LogP contribution in [0.2, 0.25) is 15.1 Å². The maximum absolute atomic E-state index is 12.3. The minimum absolute atomic E-state index is 0.212. The zero-order chi connectivity index (χ0) is 26.2. The van der Waals surface area contributed by atoms with E-state index in [-0.39, 0.29) is 17.4 Å². The third-order valence-corrected chi connectivity index (χ3v) is 5.95. The predicted octanol–water partition coefficient (Wildman–Crippen LogP) is 5.37. The molecular weight excluding hydrogens is 527 g/mol. The molecule has 11 heteroatoms. The SMILES string of the molecule is Cc1ccc(NC(=O)C(=O)N/N=C\c2cc(Cl)ccc2OCC(=O)Nc2cccc(Cl)c2Cl)cc1C. The smallest absolute Gasteiger partial charge is 0.329 e. The van der Waals surface area contributed by atoms with Gasteiger partial charge < -0.3 is 15.4 Å². The number of benzene rings is 3. The van der Waals surface area contributed by atoms with E-state index >= 15 is 0 Å². The van der Waals surface area contributed by atoms with Crippen molar-refractivity contribution in [1.82, 2.24) is 5.43 Å². The Morgan fingerprint density at radius 1 is 0.917 bits per heavy atom. The molecule has 0 aromatic heterocycles. The minimum Gasteiger partial charge on any atom is -0.483 e. The predicted molar refractivity (Wildman–Crippen MR) is 142 cm³/mol. The van der Waals surface area contributed by atoms with Gasteiger partial charge in [0.15, 0.2) is 6.61 Å². The molecule has 0 saturated heterocycles. The van der Waals surface area contributed by atoms with Gasteiger partial charge >= 0.3 is 11.8 Å². The molecule has 0 fully saturated rings. The van der Waals surface area contributed by atoms with Gasteiger partial charge in [0.05, 0.1) is 21.9 Å². The third kappa shape index (κ3) is 7.45. The van der Waals surface area contributed by atoms with Crippen molar-refractivity contribution in [3.05, 3.63) is 86.4 Å². The van der Waals surface area contributed by atoms with Crippen LogP contribution in [-0.4, -0.2) is 30.5 Å². The molecule has 3 rings (SSSR count). The summed E-state index contributed by atoms with van der Waals surface area (Å²) in [7, 11) is 0. The summed E-state index contributed by atoms with van der Waals surface area (Å²) in [6, 6.07) is 14.8. The first-order valence-electron chi connectivity index (χ1n) is 10.5. The molecule has 0 radical (unpaired) electrons. The zero-order valence-electron chi connectivity index (χ0n) is 19.2. The number of anilines is 2. The molecule has 3 aromatic carbocycles. The normalized spacial score (nSPS) is 10.7. The number of nitrogens with one attached hydrogen (secondary N) is 3. The summed E-state index contributed by atoms with van der Waals surface area (Å²) in [6.45, 7) is 3.49. The van der Waals surface area contributed by atoms with E-state index < -0.39 is 17.7 Å². The average Bonchev–Trinajstić information content (AvgIpc) is 2.83. The van der Waals surface area contributed by atoms with Crippen molar-refractivity contribution in [3.8, 4) is 5.75 Å². The van der Waals surface area contributed by atoms with Gasteiger partial charge in [0.1, 0.15) is 5.75 Å². The van der Waals surface area contributed by atoms with Gasteiger partial charge in [-0.25, -0.2) is 5.43 Å². The van der Waals surface area contributed by atoms with Crippen molar-refractivity contribution in [2.24, 2.45) is 5.10 Å². The largest absolute Gasteiger partial charge is 0.483 e. The summed E-state index contributed by atoms with van der Waals surface area (Å²) >= 11 is 18.1. The summed E-state index contributed by atoms with van der Waals surface area (Å²) in [4.78, 5) is 36.6. The Balaban J connectivity index is 1.59. The minimum atomic E-state index is -0.966. The van der Waals surface area contributed by atoms with Gasteiger partial charge in [-0.15, -0.1) is 0 Å². The highest BCUT2D eigenvalue weighted by Crippen LogP contribution is 2.29. The summed E-state index contributed by atoms with van der Waals surface area (Å²) in [5.41, 5.74) is 5.39. The second-order valence-corrected chi connectivity index (χ2v) is 8.79. The summed E-state index contributed by atoms with van der Waals surface area (Å²) in [5.74, 6) is -2.06. The van der Waals surface area contributed by atoms with Crippen LogP contribution in [0.25, 0.3) is 0 Å². The number of halogens is 3. The molecule has 3 amide bonds. The molecule has 3 aromatic rings. The highest BCUT2D eigenvalue weighted by atomic mass is 35.5. The highest BCUT2D eigenvalue weighted by molar-refractivity contribution is 6.44. The van der Waals surface area contributed by atoms with E-state index in [9.17, 15) is 14.4 Å². The van der Waals surface area contributed by atoms with E-state index in [1.54, 1.807) is 36.4 Å². The van der Waals surface area contributed by atoms with Gasteiger partial charge in [-0.1, -0.05) is 46.9 Å². The maximum atomic E-state index is 12.3. The molecule has 0 aliphatic rings. The Morgan fingerprint density at radius 3 is 2.44 bits per heavy atom. The first-order chi connectivity index (χ1) is 17.1. The van der Waals surface area contributed by atoms with Crippen LogP contribution in [0.5, 0.6) is 5.75 Å². The van der Waals surface area contributed by atoms with Crippen molar-refractivity contribution in [1.29, 1.82) is 0 Å². The van der Waals surface area contributed by atoms with E-state index in [0.29, 0.717) is 27.0 Å². The van der Waals surface area contributed by atoms with Gasteiger partial charge in [-0.3, -0.25) is 14.4 Å². The van der Waals surface area contributed by atoms with Crippen LogP contribution in [0.1, 0.15) is 16.7 Å². The quantitative estimate of drug-likeness (QED) is 0.210. The molecule has 3 N–H and O–H groups in total. The number of rotatable bonds is 7. The van der Waals surface area contributed by atoms with E-state index in [0.717, 1.165) is 11.1 Å². The molecule has 0 unspecified atom stereocenters. The van der Waals surface area contributed by atoms with E-state index in [4.69, 9.17) is 39.5 Å². The Bertz CT molecular complexity index is 1340. The molecule has 0 aliphatic heterocycles. The van der Waals surface area contributed by atoms with Crippen LogP contribution in [-0.2, 0) is 14.4 Å². The number of nitrogens with zero attached hydrogens (tertiary/aromatic N) is 1. The van der Waals surface area contributed by atoms with Crippen LogP contribution in [0, 0.1) is 13.8 Å².